The lowest BCUT2D eigenvalue weighted by molar-refractivity contribution is 0.0674. The molecule has 2 amide bonds. The van der Waals surface area contributed by atoms with Crippen molar-refractivity contribution in [3.05, 3.63) is 50.6 Å². The lowest BCUT2D eigenvalue weighted by atomic mass is 10.0. The average molecular weight is 347 g/mol. The maximum Gasteiger partial charge on any atom is 0.280 e. The molecule has 0 fully saturated rings. The number of amides is 2. The number of hydrogen-bond acceptors (Lipinski definition) is 5. The second-order valence-corrected chi connectivity index (χ2v) is 7.12. The zero-order valence-corrected chi connectivity index (χ0v) is 14.4. The Morgan fingerprint density at radius 1 is 1.52 bits per heavy atom. The summed E-state index contributed by atoms with van der Waals surface area (Å²) in [5.74, 6) is -0.394. The van der Waals surface area contributed by atoms with Crippen LogP contribution < -0.4 is 5.32 Å². The van der Waals surface area contributed by atoms with Crippen LogP contribution in [0.3, 0.4) is 0 Å². The highest BCUT2D eigenvalue weighted by molar-refractivity contribution is 7.12. The third-order valence-corrected chi connectivity index (χ3v) is 5.70. The molecule has 120 valence electrons. The summed E-state index contributed by atoms with van der Waals surface area (Å²) < 4.78 is 0. The summed E-state index contributed by atoms with van der Waals surface area (Å²) in [6.45, 7) is 6.65. The first kappa shape index (κ1) is 15.9. The van der Waals surface area contributed by atoms with E-state index in [2.05, 4.69) is 28.3 Å². The Balaban J connectivity index is 1.75. The Hall–Kier alpha value is -1.99. The SMILES string of the molecule is C=CCNC(=O)c1nc(C(=O)N2CCc3sccc3C2C)cs1. The Labute approximate surface area is 142 Å². The Morgan fingerprint density at radius 2 is 2.35 bits per heavy atom. The molecule has 1 aliphatic rings. The van der Waals surface area contributed by atoms with E-state index in [0.717, 1.165) is 6.42 Å². The quantitative estimate of drug-likeness (QED) is 0.865. The predicted octanol–water partition coefficient (Wildman–Crippen LogP) is 2.88. The summed E-state index contributed by atoms with van der Waals surface area (Å²) >= 11 is 2.93. The second kappa shape index (κ2) is 6.64. The van der Waals surface area contributed by atoms with Crippen LogP contribution in [0.25, 0.3) is 0 Å². The number of thiophene rings is 1. The summed E-state index contributed by atoms with van der Waals surface area (Å²) in [5, 5.41) is 6.69. The average Bonchev–Trinajstić information content (AvgIpc) is 3.21. The number of rotatable bonds is 4. The van der Waals surface area contributed by atoms with Crippen molar-refractivity contribution < 1.29 is 9.59 Å². The topological polar surface area (TPSA) is 62.3 Å². The monoisotopic (exact) mass is 347 g/mol. The number of fused-ring (bicyclic) bond motifs is 1. The number of carbonyl (C=O) groups is 2. The van der Waals surface area contributed by atoms with Crippen molar-refractivity contribution in [1.82, 2.24) is 15.2 Å². The van der Waals surface area contributed by atoms with Gasteiger partial charge in [0.25, 0.3) is 11.8 Å². The predicted molar refractivity (Wildman–Crippen MR) is 92.1 cm³/mol. The molecular weight excluding hydrogens is 330 g/mol. The number of hydrogen-bond donors (Lipinski definition) is 1. The second-order valence-electron chi connectivity index (χ2n) is 5.26. The van der Waals surface area contributed by atoms with Gasteiger partial charge < -0.3 is 10.2 Å². The van der Waals surface area contributed by atoms with Crippen molar-refractivity contribution in [2.45, 2.75) is 19.4 Å². The van der Waals surface area contributed by atoms with Crippen LogP contribution in [-0.4, -0.2) is 34.8 Å². The minimum atomic E-state index is -0.277. The molecule has 0 bridgehead atoms. The molecule has 0 aromatic carbocycles. The molecule has 0 saturated heterocycles. The number of aromatic nitrogens is 1. The maximum absolute atomic E-state index is 12.7. The van der Waals surface area contributed by atoms with Crippen molar-refractivity contribution in [3.63, 3.8) is 0 Å². The fourth-order valence-corrected chi connectivity index (χ4v) is 4.32. The molecule has 2 aromatic heterocycles. The molecule has 0 radical (unpaired) electrons. The van der Waals surface area contributed by atoms with Crippen molar-refractivity contribution in [2.24, 2.45) is 0 Å². The zero-order chi connectivity index (χ0) is 16.4. The zero-order valence-electron chi connectivity index (χ0n) is 12.7. The van der Waals surface area contributed by atoms with Crippen molar-refractivity contribution in [1.29, 1.82) is 0 Å². The third kappa shape index (κ3) is 3.07. The first-order chi connectivity index (χ1) is 11.1. The molecule has 1 aliphatic heterocycles. The van der Waals surface area contributed by atoms with Crippen LogP contribution in [0.1, 0.15) is 43.7 Å². The highest BCUT2D eigenvalue weighted by Crippen LogP contribution is 2.33. The molecule has 3 heterocycles. The molecular formula is C16H17N3O2S2. The molecule has 0 spiro atoms. The van der Waals surface area contributed by atoms with Gasteiger partial charge in [0.1, 0.15) is 5.69 Å². The van der Waals surface area contributed by atoms with Crippen LogP contribution in [0.4, 0.5) is 0 Å². The van der Waals surface area contributed by atoms with Crippen molar-refractivity contribution in [2.75, 3.05) is 13.1 Å². The highest BCUT2D eigenvalue weighted by atomic mass is 32.1. The summed E-state index contributed by atoms with van der Waals surface area (Å²) in [6.07, 6.45) is 2.48. The summed E-state index contributed by atoms with van der Waals surface area (Å²) in [4.78, 5) is 32.0. The van der Waals surface area contributed by atoms with Crippen LogP contribution in [0.2, 0.25) is 0 Å². The summed E-state index contributed by atoms with van der Waals surface area (Å²) in [5.41, 5.74) is 1.55. The normalized spacial score (nSPS) is 16.7. The minimum absolute atomic E-state index is 0.0391. The van der Waals surface area contributed by atoms with Gasteiger partial charge in [-0.2, -0.15) is 0 Å². The molecule has 7 heteroatoms. The number of carbonyl (C=O) groups excluding carboxylic acids is 2. The van der Waals surface area contributed by atoms with E-state index in [1.165, 1.54) is 21.8 Å². The summed E-state index contributed by atoms with van der Waals surface area (Å²) in [7, 11) is 0. The van der Waals surface area contributed by atoms with Gasteiger partial charge in [0.05, 0.1) is 6.04 Å². The van der Waals surface area contributed by atoms with Gasteiger partial charge in [-0.1, -0.05) is 6.08 Å². The molecule has 1 N–H and O–H groups in total. The van der Waals surface area contributed by atoms with E-state index >= 15 is 0 Å². The van der Waals surface area contributed by atoms with Crippen molar-refractivity contribution in [3.8, 4) is 0 Å². The van der Waals surface area contributed by atoms with Gasteiger partial charge in [-0.25, -0.2) is 4.98 Å². The van der Waals surface area contributed by atoms with Gasteiger partial charge in [0.15, 0.2) is 5.01 Å². The van der Waals surface area contributed by atoms with E-state index in [4.69, 9.17) is 0 Å². The smallest absolute Gasteiger partial charge is 0.280 e. The standard InChI is InChI=1S/C16H17N3O2S2/c1-3-6-17-14(20)15-18-12(9-23-15)16(21)19-7-4-13-11(10(19)2)5-8-22-13/h3,5,8-10H,1,4,6-7H2,2H3,(H,17,20). The number of thiazole rings is 1. The van der Waals surface area contributed by atoms with Gasteiger partial charge in [0.2, 0.25) is 0 Å². The van der Waals surface area contributed by atoms with Crippen LogP contribution >= 0.6 is 22.7 Å². The van der Waals surface area contributed by atoms with Gasteiger partial charge in [-0.05, 0) is 30.4 Å². The lowest BCUT2D eigenvalue weighted by Crippen LogP contribution is -2.38. The molecule has 5 nitrogen and oxygen atoms in total. The fourth-order valence-electron chi connectivity index (χ4n) is 2.65. The van der Waals surface area contributed by atoms with Crippen LogP contribution in [-0.2, 0) is 6.42 Å². The number of nitrogens with one attached hydrogen (secondary N) is 1. The van der Waals surface area contributed by atoms with Gasteiger partial charge >= 0.3 is 0 Å². The van der Waals surface area contributed by atoms with Gasteiger partial charge in [-0.15, -0.1) is 29.3 Å². The van der Waals surface area contributed by atoms with Crippen molar-refractivity contribution >= 4 is 34.5 Å². The molecule has 0 saturated carbocycles. The Bertz CT molecular complexity index is 750. The minimum Gasteiger partial charge on any atom is -0.347 e. The molecule has 23 heavy (non-hydrogen) atoms. The number of nitrogens with zero attached hydrogens (tertiary/aromatic N) is 2. The molecule has 1 unspecified atom stereocenters. The van der Waals surface area contributed by atoms with Gasteiger partial charge in [0, 0.05) is 23.3 Å². The van der Waals surface area contributed by atoms with E-state index in [1.54, 1.807) is 22.8 Å². The van der Waals surface area contributed by atoms with E-state index in [1.807, 2.05) is 11.8 Å². The largest absolute Gasteiger partial charge is 0.347 e. The van der Waals surface area contributed by atoms with Crippen LogP contribution in [0.5, 0.6) is 0 Å². The first-order valence-corrected chi connectivity index (χ1v) is 9.09. The Kier molecular flexibility index (Phi) is 4.58. The highest BCUT2D eigenvalue weighted by Gasteiger charge is 2.30. The van der Waals surface area contributed by atoms with E-state index in [0.29, 0.717) is 23.8 Å². The fraction of sp³-hybridized carbons (Fsp3) is 0.312. The first-order valence-electron chi connectivity index (χ1n) is 7.33. The lowest BCUT2D eigenvalue weighted by Gasteiger charge is -2.33. The van der Waals surface area contributed by atoms with Crippen LogP contribution in [0, 0.1) is 0 Å². The van der Waals surface area contributed by atoms with Gasteiger partial charge in [-0.3, -0.25) is 9.59 Å². The van der Waals surface area contributed by atoms with E-state index in [9.17, 15) is 9.59 Å². The van der Waals surface area contributed by atoms with E-state index in [-0.39, 0.29) is 17.9 Å². The van der Waals surface area contributed by atoms with E-state index < -0.39 is 0 Å². The Morgan fingerprint density at radius 3 is 3.13 bits per heavy atom. The molecule has 2 aromatic rings. The molecule has 3 rings (SSSR count). The molecule has 0 aliphatic carbocycles. The van der Waals surface area contributed by atoms with Crippen LogP contribution in [0.15, 0.2) is 29.5 Å². The molecule has 1 atom stereocenters. The summed E-state index contributed by atoms with van der Waals surface area (Å²) in [6, 6.07) is 2.12. The third-order valence-electron chi connectivity index (χ3n) is 3.86. The maximum atomic E-state index is 12.7.